The fraction of sp³-hybridized carbons (Fsp3) is 0.214. The highest BCUT2D eigenvalue weighted by molar-refractivity contribution is 5.27. The van der Waals surface area contributed by atoms with Crippen LogP contribution in [0.15, 0.2) is 48.3 Å². The minimum Gasteiger partial charge on any atom is -0.497 e. The smallest absolute Gasteiger partial charge is 0.118 e. The van der Waals surface area contributed by atoms with E-state index in [0.29, 0.717) is 6.61 Å². The first kappa shape index (κ1) is 10.8. The Kier molecular flexibility index (Phi) is 3.65. The summed E-state index contributed by atoms with van der Waals surface area (Å²) < 4.78 is 10.8. The Bertz CT molecular complexity index is 388. The second-order valence-electron chi connectivity index (χ2n) is 3.57. The topological polar surface area (TPSA) is 18.5 Å². The molecule has 0 spiro atoms. The summed E-state index contributed by atoms with van der Waals surface area (Å²) in [6.07, 6.45) is 9.12. The second kappa shape index (κ2) is 5.40. The number of hydrogen-bond donors (Lipinski definition) is 0. The van der Waals surface area contributed by atoms with E-state index in [2.05, 4.69) is 12.5 Å². The molecule has 0 saturated heterocycles. The highest BCUT2D eigenvalue weighted by Crippen LogP contribution is 2.16. The van der Waals surface area contributed by atoms with Crippen molar-refractivity contribution >= 4 is 0 Å². The van der Waals surface area contributed by atoms with Crippen LogP contribution in [0.4, 0.5) is 0 Å². The third-order valence-corrected chi connectivity index (χ3v) is 2.42. The molecule has 1 aromatic rings. The fourth-order valence-corrected chi connectivity index (χ4v) is 1.49. The predicted octanol–water partition coefficient (Wildman–Crippen LogP) is 3.26. The Balaban J connectivity index is 1.89. The summed E-state index contributed by atoms with van der Waals surface area (Å²) in [5.74, 6) is 1.81. The molecule has 0 aliphatic heterocycles. The first-order valence-electron chi connectivity index (χ1n) is 5.34. The van der Waals surface area contributed by atoms with Crippen LogP contribution in [0.3, 0.4) is 0 Å². The average Bonchev–Trinajstić information content (AvgIpc) is 2.38. The van der Waals surface area contributed by atoms with Crippen molar-refractivity contribution in [2.45, 2.75) is 13.0 Å². The quantitative estimate of drug-likeness (QED) is 0.767. The molecule has 0 fully saturated rings. The fourth-order valence-electron chi connectivity index (χ4n) is 1.49. The standard InChI is InChI=1S/C14H15O2/c1-15-13-9-7-12(8-10-13)11-16-14-5-3-2-4-6-14/h2-3,5-10H,4,11H2,1H3. The molecule has 0 saturated carbocycles. The minimum atomic E-state index is 0.597. The predicted molar refractivity (Wildman–Crippen MR) is 63.9 cm³/mol. The molecule has 1 aliphatic carbocycles. The van der Waals surface area contributed by atoms with Crippen molar-refractivity contribution in [1.29, 1.82) is 0 Å². The van der Waals surface area contributed by atoms with Crippen LogP contribution in [0, 0.1) is 6.42 Å². The van der Waals surface area contributed by atoms with Crippen molar-refractivity contribution in [3.05, 3.63) is 60.2 Å². The van der Waals surface area contributed by atoms with Gasteiger partial charge in [0.25, 0.3) is 0 Å². The van der Waals surface area contributed by atoms with Gasteiger partial charge in [0.2, 0.25) is 0 Å². The van der Waals surface area contributed by atoms with Gasteiger partial charge in [0.15, 0.2) is 0 Å². The molecule has 0 N–H and O–H groups in total. The van der Waals surface area contributed by atoms with Gasteiger partial charge in [-0.2, -0.15) is 0 Å². The molecule has 0 amide bonds. The van der Waals surface area contributed by atoms with Crippen LogP contribution in [-0.4, -0.2) is 7.11 Å². The molecule has 0 bridgehead atoms. The van der Waals surface area contributed by atoms with E-state index in [1.807, 2.05) is 36.4 Å². The molecule has 0 atom stereocenters. The van der Waals surface area contributed by atoms with E-state index in [1.165, 1.54) is 0 Å². The van der Waals surface area contributed by atoms with E-state index in [-0.39, 0.29) is 0 Å². The van der Waals surface area contributed by atoms with Gasteiger partial charge in [0.05, 0.1) is 7.11 Å². The van der Waals surface area contributed by atoms with Gasteiger partial charge in [0, 0.05) is 6.42 Å². The number of allylic oxidation sites excluding steroid dienone is 4. The van der Waals surface area contributed by atoms with E-state index < -0.39 is 0 Å². The SMILES string of the molecule is COc1ccc(COC2=CC=CC[CH]2)cc1. The van der Waals surface area contributed by atoms with Gasteiger partial charge in [-0.3, -0.25) is 0 Å². The number of methoxy groups -OCH3 is 1. The highest BCUT2D eigenvalue weighted by Gasteiger charge is 2.01. The lowest BCUT2D eigenvalue weighted by atomic mass is 10.1. The van der Waals surface area contributed by atoms with E-state index in [0.717, 1.165) is 23.5 Å². The lowest BCUT2D eigenvalue weighted by molar-refractivity contribution is 0.204. The van der Waals surface area contributed by atoms with Crippen molar-refractivity contribution in [3.8, 4) is 5.75 Å². The monoisotopic (exact) mass is 215 g/mol. The molecule has 2 nitrogen and oxygen atoms in total. The molecular formula is C14H15O2. The lowest BCUT2D eigenvalue weighted by Crippen LogP contribution is -1.96. The first-order valence-corrected chi connectivity index (χ1v) is 5.34. The van der Waals surface area contributed by atoms with Gasteiger partial charge in [-0.05, 0) is 30.2 Å². The van der Waals surface area contributed by atoms with Gasteiger partial charge in [-0.15, -0.1) is 0 Å². The number of rotatable bonds is 4. The Morgan fingerprint density at radius 2 is 2.00 bits per heavy atom. The zero-order chi connectivity index (χ0) is 11.2. The molecule has 0 heterocycles. The summed E-state index contributed by atoms with van der Waals surface area (Å²) in [6, 6.07) is 7.91. The Morgan fingerprint density at radius 3 is 2.62 bits per heavy atom. The molecule has 2 rings (SSSR count). The van der Waals surface area contributed by atoms with Crippen molar-refractivity contribution < 1.29 is 9.47 Å². The summed E-state index contributed by atoms with van der Waals surface area (Å²) in [5.41, 5.74) is 1.14. The van der Waals surface area contributed by atoms with Crippen LogP contribution in [0.2, 0.25) is 0 Å². The number of benzene rings is 1. The zero-order valence-electron chi connectivity index (χ0n) is 9.35. The molecule has 2 heteroatoms. The van der Waals surface area contributed by atoms with Gasteiger partial charge < -0.3 is 9.47 Å². The van der Waals surface area contributed by atoms with E-state index >= 15 is 0 Å². The number of ether oxygens (including phenoxy) is 2. The normalized spacial score (nSPS) is 14.4. The third kappa shape index (κ3) is 2.89. The molecule has 83 valence electrons. The van der Waals surface area contributed by atoms with E-state index in [1.54, 1.807) is 7.11 Å². The van der Waals surface area contributed by atoms with Crippen LogP contribution in [0.5, 0.6) is 5.75 Å². The minimum absolute atomic E-state index is 0.597. The van der Waals surface area contributed by atoms with Crippen molar-refractivity contribution in [2.24, 2.45) is 0 Å². The summed E-state index contributed by atoms with van der Waals surface area (Å²) in [7, 11) is 1.67. The van der Waals surface area contributed by atoms with Crippen molar-refractivity contribution in [3.63, 3.8) is 0 Å². The van der Waals surface area contributed by atoms with Crippen molar-refractivity contribution in [2.75, 3.05) is 7.11 Å². The van der Waals surface area contributed by atoms with Crippen LogP contribution in [0.25, 0.3) is 0 Å². The van der Waals surface area contributed by atoms with Crippen LogP contribution < -0.4 is 4.74 Å². The summed E-state index contributed by atoms with van der Waals surface area (Å²) in [6.45, 7) is 0.597. The lowest BCUT2D eigenvalue weighted by Gasteiger charge is -2.11. The summed E-state index contributed by atoms with van der Waals surface area (Å²) >= 11 is 0. The molecule has 1 radical (unpaired) electrons. The van der Waals surface area contributed by atoms with Crippen LogP contribution in [-0.2, 0) is 11.3 Å². The maximum atomic E-state index is 5.66. The van der Waals surface area contributed by atoms with Gasteiger partial charge in [-0.1, -0.05) is 24.3 Å². The molecule has 0 aromatic heterocycles. The van der Waals surface area contributed by atoms with Crippen LogP contribution >= 0.6 is 0 Å². The Morgan fingerprint density at radius 1 is 1.19 bits per heavy atom. The number of hydrogen-bond acceptors (Lipinski definition) is 2. The molecule has 1 aromatic carbocycles. The maximum Gasteiger partial charge on any atom is 0.118 e. The molecule has 0 unspecified atom stereocenters. The van der Waals surface area contributed by atoms with Crippen LogP contribution in [0.1, 0.15) is 12.0 Å². The molecule has 1 aliphatic rings. The largest absolute Gasteiger partial charge is 0.497 e. The molecular weight excluding hydrogens is 200 g/mol. The highest BCUT2D eigenvalue weighted by atomic mass is 16.5. The van der Waals surface area contributed by atoms with Crippen molar-refractivity contribution in [1.82, 2.24) is 0 Å². The Hall–Kier alpha value is -1.70. The second-order valence-corrected chi connectivity index (χ2v) is 3.57. The summed E-state index contributed by atoms with van der Waals surface area (Å²) in [5, 5.41) is 0. The van der Waals surface area contributed by atoms with Gasteiger partial charge in [-0.25, -0.2) is 0 Å². The average molecular weight is 215 g/mol. The third-order valence-electron chi connectivity index (χ3n) is 2.42. The maximum absolute atomic E-state index is 5.66. The van der Waals surface area contributed by atoms with Gasteiger partial charge >= 0.3 is 0 Å². The zero-order valence-corrected chi connectivity index (χ0v) is 9.35. The Labute approximate surface area is 96.2 Å². The van der Waals surface area contributed by atoms with E-state index in [4.69, 9.17) is 9.47 Å². The van der Waals surface area contributed by atoms with E-state index in [9.17, 15) is 0 Å². The first-order chi connectivity index (χ1) is 7.88. The molecule has 16 heavy (non-hydrogen) atoms. The summed E-state index contributed by atoms with van der Waals surface area (Å²) in [4.78, 5) is 0. The van der Waals surface area contributed by atoms with Gasteiger partial charge in [0.1, 0.15) is 18.1 Å².